The first-order chi connectivity index (χ1) is 30.7. The molecule has 62 heavy (non-hydrogen) atoms. The van der Waals surface area contributed by atoms with Crippen molar-refractivity contribution in [3.63, 3.8) is 0 Å². The molecule has 11 aromatic rings. The Morgan fingerprint density at radius 2 is 0.597 bits per heavy atom. The Morgan fingerprint density at radius 3 is 1.06 bits per heavy atom. The summed E-state index contributed by atoms with van der Waals surface area (Å²) in [5, 5.41) is 2.05. The maximum atomic E-state index is 4.92. The molecule has 0 radical (unpaired) electrons. The van der Waals surface area contributed by atoms with Crippen molar-refractivity contribution < 1.29 is 0 Å². The van der Waals surface area contributed by atoms with Gasteiger partial charge in [0.15, 0.2) is 0 Å². The highest BCUT2D eigenvalue weighted by molar-refractivity contribution is 7.22. The minimum absolute atomic E-state index is 1.02. The quantitative estimate of drug-likeness (QED) is 0.137. The van der Waals surface area contributed by atoms with Gasteiger partial charge in [-0.05, 0) is 144 Å². The minimum atomic E-state index is 1.02. The first-order valence-electron chi connectivity index (χ1n) is 20.6. The number of nitrogens with zero attached hydrogens (tertiary/aromatic N) is 4. The summed E-state index contributed by atoms with van der Waals surface area (Å²) >= 11 is 3.45. The first-order valence-corrected chi connectivity index (χ1v) is 22.3. The molecule has 2 heterocycles. The molecule has 11 rings (SSSR count). The number of rotatable bonds is 10. The maximum absolute atomic E-state index is 4.92. The van der Waals surface area contributed by atoms with Crippen LogP contribution in [0.3, 0.4) is 0 Å². The summed E-state index contributed by atoms with van der Waals surface area (Å²) in [6, 6.07) is 81.8. The number of para-hydroxylation sites is 3. The Hall–Kier alpha value is -7.64. The molecule has 0 aliphatic heterocycles. The van der Waals surface area contributed by atoms with Gasteiger partial charge in [0.2, 0.25) is 0 Å². The van der Waals surface area contributed by atoms with E-state index < -0.39 is 0 Å². The summed E-state index contributed by atoms with van der Waals surface area (Å²) in [6.45, 7) is 0. The lowest BCUT2D eigenvalue weighted by Crippen LogP contribution is -2.10. The van der Waals surface area contributed by atoms with Crippen LogP contribution >= 0.6 is 22.7 Å². The molecule has 2 aromatic heterocycles. The van der Waals surface area contributed by atoms with Crippen LogP contribution in [0.15, 0.2) is 231 Å². The smallest absolute Gasteiger partial charge is 0.124 e. The van der Waals surface area contributed by atoms with Crippen molar-refractivity contribution in [2.45, 2.75) is 0 Å². The molecule has 0 amide bonds. The average molecular weight is 831 g/mol. The van der Waals surface area contributed by atoms with Crippen LogP contribution in [-0.2, 0) is 0 Å². The van der Waals surface area contributed by atoms with Crippen LogP contribution in [0.4, 0.5) is 34.1 Å². The summed E-state index contributed by atoms with van der Waals surface area (Å²) in [5.41, 5.74) is 15.5. The summed E-state index contributed by atoms with van der Waals surface area (Å²) in [4.78, 5) is 14.5. The van der Waals surface area contributed by atoms with Gasteiger partial charge in [0, 0.05) is 45.3 Å². The van der Waals surface area contributed by atoms with Gasteiger partial charge in [0.25, 0.3) is 0 Å². The second-order valence-electron chi connectivity index (χ2n) is 15.1. The number of hydrogen-bond acceptors (Lipinski definition) is 6. The number of fused-ring (bicyclic) bond motifs is 2. The Bertz CT molecular complexity index is 3200. The van der Waals surface area contributed by atoms with Gasteiger partial charge in [-0.1, -0.05) is 109 Å². The van der Waals surface area contributed by atoms with E-state index in [0.29, 0.717) is 0 Å². The van der Waals surface area contributed by atoms with Crippen LogP contribution in [0.5, 0.6) is 0 Å². The fourth-order valence-electron chi connectivity index (χ4n) is 8.03. The lowest BCUT2D eigenvalue weighted by molar-refractivity contribution is 1.28. The molecule has 0 fully saturated rings. The highest BCUT2D eigenvalue weighted by Gasteiger charge is 2.17. The molecule has 9 aromatic carbocycles. The highest BCUT2D eigenvalue weighted by atomic mass is 32.1. The molecule has 0 unspecified atom stereocenters. The van der Waals surface area contributed by atoms with Gasteiger partial charge < -0.3 is 9.80 Å². The van der Waals surface area contributed by atoms with Crippen molar-refractivity contribution in [3.05, 3.63) is 231 Å². The third-order valence-electron chi connectivity index (χ3n) is 11.1. The topological polar surface area (TPSA) is 32.3 Å². The predicted molar refractivity (Wildman–Crippen MR) is 264 cm³/mol. The summed E-state index contributed by atoms with van der Waals surface area (Å²) in [5.74, 6) is 0. The predicted octanol–water partition coefficient (Wildman–Crippen LogP) is 16.5. The molecule has 4 nitrogen and oxygen atoms in total. The number of hydrogen-bond donors (Lipinski definition) is 0. The lowest BCUT2D eigenvalue weighted by atomic mass is 10.0. The number of aromatic nitrogens is 2. The summed E-state index contributed by atoms with van der Waals surface area (Å²) in [7, 11) is 0. The third-order valence-corrected chi connectivity index (χ3v) is 13.3. The molecule has 0 aliphatic rings. The van der Waals surface area contributed by atoms with Crippen molar-refractivity contribution in [2.24, 2.45) is 0 Å². The first kappa shape index (κ1) is 37.4. The van der Waals surface area contributed by atoms with E-state index in [0.717, 1.165) is 77.4 Å². The van der Waals surface area contributed by atoms with Crippen LogP contribution in [0.2, 0.25) is 0 Å². The van der Waals surface area contributed by atoms with Crippen molar-refractivity contribution in [3.8, 4) is 43.4 Å². The molecule has 0 N–H and O–H groups in total. The SMILES string of the molecule is c1ccc(-c2cccc(N(c3ccc(-c4ccc(N(c5ccccc5)c5ccc(-c6nc7ccccc7s6)cc5)cc4)cc3)c3ccc(-c4nc5ccccc5s4)cc3)c2)cc1. The summed E-state index contributed by atoms with van der Waals surface area (Å²) in [6.07, 6.45) is 0. The zero-order chi connectivity index (χ0) is 41.2. The van der Waals surface area contributed by atoms with Crippen LogP contribution in [0.1, 0.15) is 0 Å². The van der Waals surface area contributed by atoms with Gasteiger partial charge in [-0.2, -0.15) is 0 Å². The van der Waals surface area contributed by atoms with E-state index >= 15 is 0 Å². The van der Waals surface area contributed by atoms with E-state index in [9.17, 15) is 0 Å². The van der Waals surface area contributed by atoms with E-state index in [1.54, 1.807) is 22.7 Å². The fraction of sp³-hybridized carbons (Fsp3) is 0. The monoisotopic (exact) mass is 830 g/mol. The number of thiazole rings is 2. The van der Waals surface area contributed by atoms with E-state index in [-0.39, 0.29) is 0 Å². The fourth-order valence-corrected chi connectivity index (χ4v) is 9.97. The molecule has 0 atom stereocenters. The number of anilines is 6. The molecule has 0 saturated heterocycles. The van der Waals surface area contributed by atoms with Crippen LogP contribution in [0, 0.1) is 0 Å². The van der Waals surface area contributed by atoms with Gasteiger partial charge in [-0.3, -0.25) is 0 Å². The van der Waals surface area contributed by atoms with Gasteiger partial charge in [-0.25, -0.2) is 9.97 Å². The van der Waals surface area contributed by atoms with E-state index in [1.807, 2.05) is 12.1 Å². The third kappa shape index (κ3) is 7.43. The largest absolute Gasteiger partial charge is 0.311 e. The Morgan fingerprint density at radius 1 is 0.258 bits per heavy atom. The Kier molecular flexibility index (Phi) is 9.90. The van der Waals surface area contributed by atoms with Crippen LogP contribution in [-0.4, -0.2) is 9.97 Å². The Balaban J connectivity index is 0.902. The van der Waals surface area contributed by atoms with Crippen molar-refractivity contribution in [2.75, 3.05) is 9.80 Å². The molecule has 0 bridgehead atoms. The maximum Gasteiger partial charge on any atom is 0.124 e. The minimum Gasteiger partial charge on any atom is -0.311 e. The molecule has 0 saturated carbocycles. The van der Waals surface area contributed by atoms with Gasteiger partial charge in [0.1, 0.15) is 10.0 Å². The van der Waals surface area contributed by atoms with E-state index in [4.69, 9.17) is 9.97 Å². The van der Waals surface area contributed by atoms with Gasteiger partial charge in [-0.15, -0.1) is 22.7 Å². The van der Waals surface area contributed by atoms with Gasteiger partial charge >= 0.3 is 0 Å². The summed E-state index contributed by atoms with van der Waals surface area (Å²) < 4.78 is 2.39. The molecule has 6 heteroatoms. The van der Waals surface area contributed by atoms with Crippen LogP contribution < -0.4 is 9.80 Å². The second kappa shape index (κ2) is 16.4. The van der Waals surface area contributed by atoms with Gasteiger partial charge in [0.05, 0.1) is 20.4 Å². The standard InChI is InChI=1S/C56H38N4S2/c1-3-12-39(13-4-1)44-14-11-17-50(38-44)60(49-36-28-43(29-37-49)56-58-52-19-8-10-21-54(52)62-56)48-32-24-41(25-33-48)40-22-30-46(31-23-40)59(45-15-5-2-6-16-45)47-34-26-42(27-35-47)55-57-51-18-7-9-20-53(51)61-55/h1-38H. The van der Waals surface area contributed by atoms with Crippen molar-refractivity contribution in [1.82, 2.24) is 9.97 Å². The lowest BCUT2D eigenvalue weighted by Gasteiger charge is -2.27. The molecule has 0 spiro atoms. The van der Waals surface area contributed by atoms with Crippen molar-refractivity contribution in [1.29, 1.82) is 0 Å². The zero-order valence-electron chi connectivity index (χ0n) is 33.5. The van der Waals surface area contributed by atoms with E-state index in [1.165, 1.54) is 20.5 Å². The second-order valence-corrected chi connectivity index (χ2v) is 17.1. The van der Waals surface area contributed by atoms with Crippen molar-refractivity contribution >= 4 is 77.2 Å². The van der Waals surface area contributed by atoms with E-state index in [2.05, 4.69) is 228 Å². The molecule has 0 aliphatic carbocycles. The Labute approximate surface area is 368 Å². The normalized spacial score (nSPS) is 11.2. The average Bonchev–Trinajstić information content (AvgIpc) is 3.99. The molecular formula is C56H38N4S2. The van der Waals surface area contributed by atoms with Crippen LogP contribution in [0.25, 0.3) is 63.8 Å². The zero-order valence-corrected chi connectivity index (χ0v) is 35.2. The highest BCUT2D eigenvalue weighted by Crippen LogP contribution is 2.41. The number of benzene rings is 9. The molecular weight excluding hydrogens is 793 g/mol. The molecule has 294 valence electrons.